The second-order valence-electron chi connectivity index (χ2n) is 9.54. The van der Waals surface area contributed by atoms with Crippen LogP contribution in [0.15, 0.2) is 42.5 Å². The highest BCUT2D eigenvalue weighted by Gasteiger charge is 2.28. The van der Waals surface area contributed by atoms with Crippen LogP contribution in [-0.2, 0) is 22.6 Å². The summed E-state index contributed by atoms with van der Waals surface area (Å²) in [5.41, 5.74) is 1.91. The number of methoxy groups -OCH3 is 1. The van der Waals surface area contributed by atoms with E-state index in [0.29, 0.717) is 37.7 Å². The van der Waals surface area contributed by atoms with Gasteiger partial charge in [-0.25, -0.2) is 0 Å². The summed E-state index contributed by atoms with van der Waals surface area (Å²) >= 11 is 0. The number of hydrogen-bond acceptors (Lipinski definition) is 5. The third-order valence-corrected chi connectivity index (χ3v) is 6.84. The third-order valence-electron chi connectivity index (χ3n) is 6.84. The van der Waals surface area contributed by atoms with Crippen molar-refractivity contribution in [3.63, 3.8) is 0 Å². The molecule has 1 N–H and O–H groups in total. The Morgan fingerprint density at radius 2 is 1.70 bits per heavy atom. The summed E-state index contributed by atoms with van der Waals surface area (Å²) in [6.07, 6.45) is 6.32. The van der Waals surface area contributed by atoms with Gasteiger partial charge in [-0.3, -0.25) is 9.59 Å². The first kappa shape index (κ1) is 28.4. The fourth-order valence-corrected chi connectivity index (χ4v) is 4.76. The summed E-state index contributed by atoms with van der Waals surface area (Å²) in [5, 5.41) is 3.19. The number of hydrogen-bond donors (Lipinski definition) is 1. The van der Waals surface area contributed by atoms with E-state index >= 15 is 0 Å². The molecule has 7 nitrogen and oxygen atoms in total. The summed E-state index contributed by atoms with van der Waals surface area (Å²) in [6, 6.07) is 13.0. The number of carbonyl (C=O) groups excluding carboxylic acids is 2. The minimum absolute atomic E-state index is 0.0686. The Morgan fingerprint density at radius 1 is 0.973 bits per heavy atom. The van der Waals surface area contributed by atoms with Crippen LogP contribution in [0, 0.1) is 0 Å². The van der Waals surface area contributed by atoms with Crippen LogP contribution in [0.5, 0.6) is 17.2 Å². The van der Waals surface area contributed by atoms with E-state index in [1.54, 1.807) is 12.0 Å². The van der Waals surface area contributed by atoms with Crippen LogP contribution in [0.25, 0.3) is 0 Å². The van der Waals surface area contributed by atoms with Gasteiger partial charge in [0.25, 0.3) is 0 Å². The maximum absolute atomic E-state index is 13.6. The van der Waals surface area contributed by atoms with Crippen LogP contribution >= 0.6 is 0 Å². The largest absolute Gasteiger partial charge is 0.497 e. The van der Waals surface area contributed by atoms with Crippen molar-refractivity contribution in [2.24, 2.45) is 0 Å². The van der Waals surface area contributed by atoms with Gasteiger partial charge >= 0.3 is 0 Å². The fraction of sp³-hybridized carbons (Fsp3) is 0.533. The Hall–Kier alpha value is -3.22. The van der Waals surface area contributed by atoms with Gasteiger partial charge in [-0.1, -0.05) is 37.5 Å². The number of benzene rings is 2. The summed E-state index contributed by atoms with van der Waals surface area (Å²) < 4.78 is 16.8. The van der Waals surface area contributed by atoms with Crippen molar-refractivity contribution < 1.29 is 23.8 Å². The second kappa shape index (κ2) is 14.5. The maximum Gasteiger partial charge on any atom is 0.242 e. The van der Waals surface area contributed by atoms with Crippen LogP contribution in [0.3, 0.4) is 0 Å². The maximum atomic E-state index is 13.6. The van der Waals surface area contributed by atoms with E-state index < -0.39 is 6.04 Å². The molecule has 0 heterocycles. The first-order valence-corrected chi connectivity index (χ1v) is 13.6. The Balaban J connectivity index is 1.74. The topological polar surface area (TPSA) is 77.1 Å². The molecule has 2 aromatic carbocycles. The zero-order chi connectivity index (χ0) is 26.6. The molecule has 202 valence electrons. The van der Waals surface area contributed by atoms with E-state index in [2.05, 4.69) is 5.32 Å². The van der Waals surface area contributed by atoms with Crippen molar-refractivity contribution >= 4 is 11.8 Å². The average molecular weight is 511 g/mol. The number of rotatable bonds is 13. The van der Waals surface area contributed by atoms with E-state index in [1.807, 2.05) is 63.2 Å². The predicted molar refractivity (Wildman–Crippen MR) is 145 cm³/mol. The normalized spacial score (nSPS) is 14.5. The third kappa shape index (κ3) is 8.41. The molecule has 0 aromatic heterocycles. The standard InChI is InChI=1S/C30H42N2O5/c1-5-36-27-17-15-23(20-28(27)37-6-2)16-18-29(33)32(21-24-11-10-14-26(19-24)35-4)22(3)30(34)31-25-12-8-7-9-13-25/h10-11,14-15,17,19-20,22,25H,5-9,12-13,16,18,21H2,1-4H3,(H,31,34)/t22-/m1/s1. The van der Waals surface area contributed by atoms with Crippen molar-refractivity contribution in [2.75, 3.05) is 20.3 Å². The summed E-state index contributed by atoms with van der Waals surface area (Å²) in [7, 11) is 1.62. The average Bonchev–Trinajstić information content (AvgIpc) is 2.92. The Bertz CT molecular complexity index is 1020. The minimum Gasteiger partial charge on any atom is -0.497 e. The molecule has 0 radical (unpaired) electrons. The molecule has 2 amide bonds. The van der Waals surface area contributed by atoms with E-state index in [9.17, 15) is 9.59 Å². The van der Waals surface area contributed by atoms with Crippen molar-refractivity contribution in [1.29, 1.82) is 0 Å². The Kier molecular flexibility index (Phi) is 11.1. The quantitative estimate of drug-likeness (QED) is 0.396. The molecule has 3 rings (SSSR count). The molecule has 1 fully saturated rings. The van der Waals surface area contributed by atoms with E-state index in [-0.39, 0.29) is 24.3 Å². The smallest absolute Gasteiger partial charge is 0.242 e. The van der Waals surface area contributed by atoms with E-state index in [1.165, 1.54) is 6.42 Å². The molecule has 0 saturated heterocycles. The van der Waals surface area contributed by atoms with Gasteiger partial charge in [-0.2, -0.15) is 0 Å². The molecular formula is C30H42N2O5. The number of aryl methyl sites for hydroxylation is 1. The fourth-order valence-electron chi connectivity index (χ4n) is 4.76. The van der Waals surface area contributed by atoms with Crippen LogP contribution < -0.4 is 19.5 Å². The van der Waals surface area contributed by atoms with Crippen molar-refractivity contribution in [3.05, 3.63) is 53.6 Å². The number of ether oxygens (including phenoxy) is 3. The number of carbonyl (C=O) groups is 2. The highest BCUT2D eigenvalue weighted by Crippen LogP contribution is 2.29. The van der Waals surface area contributed by atoms with Gasteiger partial charge in [0.05, 0.1) is 20.3 Å². The SMILES string of the molecule is CCOc1ccc(CCC(=O)N(Cc2cccc(OC)c2)[C@H](C)C(=O)NC2CCCCC2)cc1OCC. The van der Waals surface area contributed by atoms with Crippen LogP contribution in [0.4, 0.5) is 0 Å². The molecule has 1 aliphatic carbocycles. The lowest BCUT2D eigenvalue weighted by molar-refractivity contribution is -0.141. The lowest BCUT2D eigenvalue weighted by Crippen LogP contribution is -2.50. The minimum atomic E-state index is -0.583. The van der Waals surface area contributed by atoms with E-state index in [4.69, 9.17) is 14.2 Å². The number of nitrogens with zero attached hydrogens (tertiary/aromatic N) is 1. The molecule has 0 spiro atoms. The molecule has 1 atom stereocenters. The van der Waals surface area contributed by atoms with Crippen LogP contribution in [0.2, 0.25) is 0 Å². The van der Waals surface area contributed by atoms with Crippen molar-refractivity contribution in [3.8, 4) is 17.2 Å². The Labute approximate surface area is 221 Å². The predicted octanol–water partition coefficient (Wildman–Crippen LogP) is 5.29. The van der Waals surface area contributed by atoms with Gasteiger partial charge in [0.2, 0.25) is 11.8 Å². The molecule has 0 bridgehead atoms. The molecule has 1 saturated carbocycles. The molecular weight excluding hydrogens is 468 g/mol. The molecule has 2 aromatic rings. The zero-order valence-electron chi connectivity index (χ0n) is 22.8. The molecule has 0 unspecified atom stereocenters. The summed E-state index contributed by atoms with van der Waals surface area (Å²) in [5.74, 6) is 1.95. The van der Waals surface area contributed by atoms with Gasteiger partial charge < -0.3 is 24.4 Å². The van der Waals surface area contributed by atoms with Gasteiger partial charge in [-0.15, -0.1) is 0 Å². The summed E-state index contributed by atoms with van der Waals surface area (Å²) in [6.45, 7) is 7.11. The number of nitrogens with one attached hydrogen (secondary N) is 1. The van der Waals surface area contributed by atoms with Crippen molar-refractivity contribution in [2.45, 2.75) is 84.3 Å². The van der Waals surface area contributed by atoms with Crippen molar-refractivity contribution in [1.82, 2.24) is 10.2 Å². The zero-order valence-corrected chi connectivity index (χ0v) is 22.8. The van der Waals surface area contributed by atoms with Gasteiger partial charge in [-0.05, 0) is 75.4 Å². The second-order valence-corrected chi connectivity index (χ2v) is 9.54. The van der Waals surface area contributed by atoms with E-state index in [0.717, 1.165) is 42.6 Å². The number of amides is 2. The Morgan fingerprint density at radius 3 is 2.41 bits per heavy atom. The van der Waals surface area contributed by atoms with Crippen LogP contribution in [0.1, 0.15) is 70.4 Å². The molecule has 0 aliphatic heterocycles. The molecule has 7 heteroatoms. The lowest BCUT2D eigenvalue weighted by Gasteiger charge is -2.31. The monoisotopic (exact) mass is 510 g/mol. The first-order valence-electron chi connectivity index (χ1n) is 13.6. The highest BCUT2D eigenvalue weighted by molar-refractivity contribution is 5.87. The van der Waals surface area contributed by atoms with Crippen LogP contribution in [-0.4, -0.2) is 49.1 Å². The first-order chi connectivity index (χ1) is 17.9. The van der Waals surface area contributed by atoms with Gasteiger partial charge in [0, 0.05) is 19.0 Å². The molecule has 1 aliphatic rings. The molecule has 37 heavy (non-hydrogen) atoms. The van der Waals surface area contributed by atoms with Gasteiger partial charge in [0.15, 0.2) is 11.5 Å². The van der Waals surface area contributed by atoms with Gasteiger partial charge in [0.1, 0.15) is 11.8 Å². The lowest BCUT2D eigenvalue weighted by atomic mass is 9.95. The highest BCUT2D eigenvalue weighted by atomic mass is 16.5. The summed E-state index contributed by atoms with van der Waals surface area (Å²) in [4.78, 5) is 28.4.